The van der Waals surface area contributed by atoms with Crippen LogP contribution in [-0.4, -0.2) is 9.78 Å². The van der Waals surface area contributed by atoms with Crippen molar-refractivity contribution in [2.24, 2.45) is 0 Å². The van der Waals surface area contributed by atoms with Crippen LogP contribution in [0.5, 0.6) is 0 Å². The highest BCUT2D eigenvalue weighted by Crippen LogP contribution is 2.32. The van der Waals surface area contributed by atoms with Crippen LogP contribution in [-0.2, 0) is 18.6 Å². The molecule has 0 saturated carbocycles. The fraction of sp³-hybridized carbons (Fsp3) is 0.667. The maximum Gasteiger partial charge on any atom is 0.126 e. The zero-order chi connectivity index (χ0) is 9.64. The van der Waals surface area contributed by atoms with Crippen molar-refractivity contribution in [2.45, 2.75) is 39.4 Å². The van der Waals surface area contributed by atoms with E-state index in [1.807, 2.05) is 4.68 Å². The van der Waals surface area contributed by atoms with Crippen molar-refractivity contribution in [2.75, 3.05) is 5.73 Å². The van der Waals surface area contributed by atoms with Crippen molar-refractivity contribution in [3.63, 3.8) is 0 Å². The number of nitrogens with two attached hydrogens (primary N) is 1. The minimum Gasteiger partial charge on any atom is -0.384 e. The van der Waals surface area contributed by atoms with Gasteiger partial charge in [0, 0.05) is 18.7 Å². The minimum atomic E-state index is -0.0239. The monoisotopic (exact) mass is 180 g/mol. The number of aryl methyl sites for hydroxylation is 1. The number of nitrogens with zero attached hydrogens (tertiary/aromatic N) is 2. The third-order valence-corrected chi connectivity index (χ3v) is 2.69. The molecule has 0 aliphatic carbocycles. The van der Waals surface area contributed by atoms with E-state index in [-0.39, 0.29) is 5.54 Å². The van der Waals surface area contributed by atoms with Crippen molar-refractivity contribution in [3.05, 3.63) is 11.3 Å². The summed E-state index contributed by atoms with van der Waals surface area (Å²) in [7, 11) is 0. The Balaban J connectivity index is 2.55. The summed E-state index contributed by atoms with van der Waals surface area (Å²) < 4.78 is 1.87. The number of rotatable bonds is 1. The molecule has 4 nitrogen and oxygen atoms in total. The molecule has 2 rings (SSSR count). The molecule has 0 amide bonds. The van der Waals surface area contributed by atoms with Gasteiger partial charge >= 0.3 is 0 Å². The SMILES string of the molecule is CCn1nc2c(c1N)CNC2(C)C. The molecule has 1 aromatic heterocycles. The van der Waals surface area contributed by atoms with E-state index in [2.05, 4.69) is 31.2 Å². The van der Waals surface area contributed by atoms with Gasteiger partial charge in [-0.3, -0.25) is 0 Å². The molecule has 0 bridgehead atoms. The molecular formula is C9H16N4. The van der Waals surface area contributed by atoms with E-state index in [1.165, 1.54) is 5.56 Å². The second kappa shape index (κ2) is 2.48. The highest BCUT2D eigenvalue weighted by molar-refractivity contribution is 5.48. The van der Waals surface area contributed by atoms with E-state index in [9.17, 15) is 0 Å². The van der Waals surface area contributed by atoms with E-state index >= 15 is 0 Å². The summed E-state index contributed by atoms with van der Waals surface area (Å²) >= 11 is 0. The second-order valence-electron chi connectivity index (χ2n) is 4.01. The van der Waals surface area contributed by atoms with Crippen LogP contribution in [0.25, 0.3) is 0 Å². The van der Waals surface area contributed by atoms with Gasteiger partial charge in [-0.2, -0.15) is 5.10 Å². The molecule has 0 aromatic carbocycles. The quantitative estimate of drug-likeness (QED) is 0.673. The Morgan fingerprint density at radius 3 is 2.85 bits per heavy atom. The van der Waals surface area contributed by atoms with E-state index in [0.29, 0.717) is 0 Å². The fourth-order valence-electron chi connectivity index (χ4n) is 1.82. The average Bonchev–Trinajstić information content (AvgIpc) is 2.53. The Hall–Kier alpha value is -1.03. The smallest absolute Gasteiger partial charge is 0.126 e. The normalized spacial score (nSPS) is 19.0. The van der Waals surface area contributed by atoms with Crippen molar-refractivity contribution in [1.82, 2.24) is 15.1 Å². The lowest BCUT2D eigenvalue weighted by Crippen LogP contribution is -2.30. The molecular weight excluding hydrogens is 164 g/mol. The maximum atomic E-state index is 5.95. The molecule has 0 unspecified atom stereocenters. The van der Waals surface area contributed by atoms with Gasteiger partial charge < -0.3 is 11.1 Å². The van der Waals surface area contributed by atoms with Gasteiger partial charge in [0.2, 0.25) is 0 Å². The first-order valence-corrected chi connectivity index (χ1v) is 4.67. The van der Waals surface area contributed by atoms with Crippen LogP contribution in [0, 0.1) is 0 Å². The summed E-state index contributed by atoms with van der Waals surface area (Å²) in [6, 6.07) is 0. The topological polar surface area (TPSA) is 55.9 Å². The van der Waals surface area contributed by atoms with Crippen LogP contribution in [0.4, 0.5) is 5.82 Å². The molecule has 0 fully saturated rings. The van der Waals surface area contributed by atoms with Gasteiger partial charge in [-0.25, -0.2) is 4.68 Å². The molecule has 0 atom stereocenters. The first-order valence-electron chi connectivity index (χ1n) is 4.67. The van der Waals surface area contributed by atoms with Crippen LogP contribution in [0.1, 0.15) is 32.0 Å². The van der Waals surface area contributed by atoms with E-state index in [0.717, 1.165) is 24.6 Å². The number of fused-ring (bicyclic) bond motifs is 1. The van der Waals surface area contributed by atoms with Crippen LogP contribution in [0.15, 0.2) is 0 Å². The Morgan fingerprint density at radius 1 is 1.62 bits per heavy atom. The molecule has 0 spiro atoms. The molecule has 1 aliphatic rings. The summed E-state index contributed by atoms with van der Waals surface area (Å²) in [5.74, 6) is 0.815. The highest BCUT2D eigenvalue weighted by atomic mass is 15.3. The summed E-state index contributed by atoms with van der Waals surface area (Å²) in [4.78, 5) is 0. The fourth-order valence-corrected chi connectivity index (χ4v) is 1.82. The zero-order valence-electron chi connectivity index (χ0n) is 8.39. The van der Waals surface area contributed by atoms with E-state index in [1.54, 1.807) is 0 Å². The van der Waals surface area contributed by atoms with Crippen molar-refractivity contribution in [1.29, 1.82) is 0 Å². The molecule has 0 saturated heterocycles. The third-order valence-electron chi connectivity index (χ3n) is 2.69. The lowest BCUT2D eigenvalue weighted by molar-refractivity contribution is 0.420. The van der Waals surface area contributed by atoms with Gasteiger partial charge in [0.15, 0.2) is 0 Å². The standard InChI is InChI=1S/C9H16N4/c1-4-13-8(10)6-5-11-9(2,3)7(6)12-13/h11H,4-5,10H2,1-3H3. The average molecular weight is 180 g/mol. The van der Waals surface area contributed by atoms with Gasteiger partial charge in [0.1, 0.15) is 5.82 Å². The van der Waals surface area contributed by atoms with Crippen LogP contribution in [0.2, 0.25) is 0 Å². The molecule has 2 heterocycles. The van der Waals surface area contributed by atoms with Crippen LogP contribution >= 0.6 is 0 Å². The molecule has 0 radical (unpaired) electrons. The predicted molar refractivity (Wildman–Crippen MR) is 52.2 cm³/mol. The van der Waals surface area contributed by atoms with Gasteiger partial charge in [0.25, 0.3) is 0 Å². The largest absolute Gasteiger partial charge is 0.384 e. The third kappa shape index (κ3) is 1.05. The Morgan fingerprint density at radius 2 is 2.31 bits per heavy atom. The van der Waals surface area contributed by atoms with E-state index in [4.69, 9.17) is 5.73 Å². The molecule has 4 heteroatoms. The van der Waals surface area contributed by atoms with Crippen molar-refractivity contribution >= 4 is 5.82 Å². The number of nitrogens with one attached hydrogen (secondary N) is 1. The van der Waals surface area contributed by atoms with Crippen molar-refractivity contribution < 1.29 is 0 Å². The van der Waals surface area contributed by atoms with Gasteiger partial charge in [-0.15, -0.1) is 0 Å². The molecule has 1 aliphatic heterocycles. The molecule has 3 N–H and O–H groups in total. The summed E-state index contributed by atoms with van der Waals surface area (Å²) in [5, 5.41) is 7.87. The number of nitrogen functional groups attached to an aromatic ring is 1. The number of anilines is 1. The second-order valence-corrected chi connectivity index (χ2v) is 4.01. The van der Waals surface area contributed by atoms with Crippen molar-refractivity contribution in [3.8, 4) is 0 Å². The van der Waals surface area contributed by atoms with Gasteiger partial charge in [0.05, 0.1) is 11.2 Å². The molecule has 13 heavy (non-hydrogen) atoms. The summed E-state index contributed by atoms with van der Waals surface area (Å²) in [6.07, 6.45) is 0. The molecule has 1 aromatic rings. The Labute approximate surface area is 78.1 Å². The highest BCUT2D eigenvalue weighted by Gasteiger charge is 2.34. The lowest BCUT2D eigenvalue weighted by Gasteiger charge is -2.17. The van der Waals surface area contributed by atoms with Crippen LogP contribution < -0.4 is 11.1 Å². The summed E-state index contributed by atoms with van der Waals surface area (Å²) in [5.41, 5.74) is 8.20. The first kappa shape index (κ1) is 8.56. The zero-order valence-corrected chi connectivity index (χ0v) is 8.39. The Bertz CT molecular complexity index is 338. The maximum absolute atomic E-state index is 5.95. The van der Waals surface area contributed by atoms with Crippen LogP contribution in [0.3, 0.4) is 0 Å². The Kier molecular flexibility index (Phi) is 1.63. The predicted octanol–water partition coefficient (Wildman–Crippen LogP) is 0.824. The minimum absolute atomic E-state index is 0.0239. The number of hydrogen-bond donors (Lipinski definition) is 2. The van der Waals surface area contributed by atoms with Gasteiger partial charge in [-0.05, 0) is 20.8 Å². The summed E-state index contributed by atoms with van der Waals surface area (Å²) in [6.45, 7) is 8.00. The molecule has 72 valence electrons. The van der Waals surface area contributed by atoms with E-state index < -0.39 is 0 Å². The number of hydrogen-bond acceptors (Lipinski definition) is 3. The lowest BCUT2D eigenvalue weighted by atomic mass is 10.0. The number of aromatic nitrogens is 2. The van der Waals surface area contributed by atoms with Gasteiger partial charge in [-0.1, -0.05) is 0 Å². The first-order chi connectivity index (χ1) is 6.06.